The molecule has 8 aromatic heterocycles. The molecule has 20 rings (SSSR count). The van der Waals surface area contributed by atoms with Gasteiger partial charge in [0.25, 0.3) is 0 Å². The number of aromatic nitrogens is 8. The molecular weight excluding hydrogens is 1730 g/mol. The second-order valence-electron chi connectivity index (χ2n) is 43.8. The summed E-state index contributed by atoms with van der Waals surface area (Å²) < 4.78 is 50.6. The topological polar surface area (TPSA) is 87.2 Å². The summed E-state index contributed by atoms with van der Waals surface area (Å²) in [5.41, 5.74) is 32.3. The number of hydrogen-bond donors (Lipinski definition) is 0. The fraction of sp³-hybridized carbons (Fsp3) is 0.289. The molecule has 1 aliphatic carbocycles. The predicted molar refractivity (Wildman–Crippen MR) is 620 cm³/mol. The molecule has 0 saturated carbocycles. The first-order chi connectivity index (χ1) is 68.3. The van der Waals surface area contributed by atoms with Crippen LogP contribution in [-0.4, -0.2) is 39.0 Å². The van der Waals surface area contributed by atoms with Gasteiger partial charge in [0.15, 0.2) is 0 Å². The minimum Gasteiger partial charge on any atom is -0.294 e. The molecule has 11 aromatic carbocycles. The van der Waals surface area contributed by atoms with Crippen LogP contribution in [0.25, 0.3) is 122 Å². The van der Waals surface area contributed by atoms with Crippen molar-refractivity contribution in [1.82, 2.24) is 39.0 Å². The Labute approximate surface area is 866 Å². The van der Waals surface area contributed by atoms with Crippen LogP contribution in [-0.2, 0) is 44.3 Å². The lowest BCUT2D eigenvalue weighted by Gasteiger charge is -2.32. The zero-order valence-corrected chi connectivity index (χ0v) is 85.9. The summed E-state index contributed by atoms with van der Waals surface area (Å²) in [6, 6.07) is 121. The maximum Gasteiger partial charge on any atom is 0.138 e. The highest BCUT2D eigenvalue weighted by atomic mass is 15.1. The molecule has 0 spiro atoms. The van der Waals surface area contributed by atoms with E-state index in [0.29, 0.717) is 0 Å². The zero-order valence-electron chi connectivity index (χ0n) is 91.9. The van der Waals surface area contributed by atoms with Crippen LogP contribution in [0.3, 0.4) is 0 Å². The van der Waals surface area contributed by atoms with Crippen LogP contribution < -0.4 is 0 Å². The Bertz CT molecular complexity index is 7370. The van der Waals surface area contributed by atoms with Gasteiger partial charge in [-0.25, -0.2) is 15.0 Å². The predicted octanol–water partition coefficient (Wildman–Crippen LogP) is 37.8. The average Bonchev–Trinajstić information content (AvgIpc) is 1.68. The van der Waals surface area contributed by atoms with Gasteiger partial charge in [0.2, 0.25) is 0 Å². The van der Waals surface area contributed by atoms with Gasteiger partial charge in [0.1, 0.15) is 11.6 Å². The van der Waals surface area contributed by atoms with Crippen LogP contribution in [0.2, 0.25) is 0 Å². The van der Waals surface area contributed by atoms with Crippen molar-refractivity contribution in [3.8, 4) is 78.8 Å². The Balaban J connectivity index is 0.000000172. The van der Waals surface area contributed by atoms with Crippen molar-refractivity contribution in [2.75, 3.05) is 0 Å². The van der Waals surface area contributed by atoms with Crippen LogP contribution in [0, 0.1) is 6.85 Å². The first kappa shape index (κ1) is 100. The Morgan fingerprint density at radius 2 is 0.650 bits per heavy atom. The van der Waals surface area contributed by atoms with Gasteiger partial charge in [-0.15, -0.1) is 0 Å². The van der Waals surface area contributed by atoms with E-state index >= 15 is 0 Å². The van der Waals surface area contributed by atoms with Gasteiger partial charge in [-0.3, -0.25) is 24.1 Å². The molecule has 0 N–H and O–H groups in total. The van der Waals surface area contributed by atoms with Crippen LogP contribution in [0.4, 0.5) is 0 Å². The summed E-state index contributed by atoms with van der Waals surface area (Å²) in [5, 5.41) is 5.03. The van der Waals surface area contributed by atoms with Crippen LogP contribution in [0.1, 0.15) is 289 Å². The van der Waals surface area contributed by atoms with Gasteiger partial charge < -0.3 is 0 Å². The Morgan fingerprint density at radius 1 is 0.308 bits per heavy atom. The first-order valence-electron chi connectivity index (χ1n) is 51.8. The summed E-state index contributed by atoms with van der Waals surface area (Å²) in [4.78, 5) is 28.5. The third-order valence-electron chi connectivity index (χ3n) is 25.9. The lowest BCUT2D eigenvalue weighted by molar-refractivity contribution is 0.518. The lowest BCUT2D eigenvalue weighted by Crippen LogP contribution is -2.24. The fourth-order valence-electron chi connectivity index (χ4n) is 19.0. The van der Waals surface area contributed by atoms with Gasteiger partial charge in [0, 0.05) is 93.8 Å². The molecular formula is C135H156N8. The van der Waals surface area contributed by atoms with E-state index in [1.807, 2.05) is 71.5 Å². The molecule has 736 valence electrons. The largest absolute Gasteiger partial charge is 0.294 e. The minimum atomic E-state index is -2.32. The van der Waals surface area contributed by atoms with Crippen LogP contribution in [0.5, 0.6) is 0 Å². The first-order valence-corrected chi connectivity index (χ1v) is 48.8. The molecule has 8 heteroatoms. The van der Waals surface area contributed by atoms with Crippen molar-refractivity contribution in [2.24, 2.45) is 0 Å². The fourth-order valence-corrected chi connectivity index (χ4v) is 19.0. The molecule has 0 radical (unpaired) electrons. The second-order valence-corrected chi connectivity index (χ2v) is 43.8. The SMILES string of the molecule is C.C.C.C.CC(C)(C)c1c(-c2ccccc2)cncc1-c1ccccc1.CC(C)(C)c1cc(-c2ccccc2)nc(-c2ccccc2)c1.CC(C)(C)c1ccc(-n2c3ccccc3c3ccccc32)nc1-c1ccccc1.CC(C)(C)c1ccc(-n2c3ccccc3c3ccccc32)nc1C1c2ccccc2-c2ccccc21.[2H]C(C)(C)c1cncc(C(C)(C)C)c1C(C)(C)C.[2H]C([2H])([2H])c1cc(C(C)(C)C)cc(C([2H])([2H])C)n1. The number of fused-ring (bicyclic) bond motifs is 9. The number of para-hydroxylation sites is 4. The van der Waals surface area contributed by atoms with Gasteiger partial charge in [-0.1, -0.05) is 481 Å². The van der Waals surface area contributed by atoms with E-state index in [4.69, 9.17) is 23.2 Å². The summed E-state index contributed by atoms with van der Waals surface area (Å²) in [5.74, 6) is 1.42. The van der Waals surface area contributed by atoms with Gasteiger partial charge in [-0.2, -0.15) is 0 Å². The number of rotatable bonds is 10. The van der Waals surface area contributed by atoms with Gasteiger partial charge in [-0.05, 0) is 196 Å². The van der Waals surface area contributed by atoms with E-state index in [0.717, 1.165) is 62.2 Å². The summed E-state index contributed by atoms with van der Waals surface area (Å²) in [6.45, 7) is 49.2. The van der Waals surface area contributed by atoms with E-state index in [1.54, 1.807) is 12.1 Å². The van der Waals surface area contributed by atoms with Gasteiger partial charge >= 0.3 is 0 Å². The van der Waals surface area contributed by atoms with Crippen molar-refractivity contribution in [3.05, 3.63) is 443 Å². The van der Waals surface area contributed by atoms with Crippen molar-refractivity contribution < 1.29 is 8.22 Å². The summed E-state index contributed by atoms with van der Waals surface area (Å²) in [7, 11) is 0. The number of nitrogens with zero attached hydrogens (tertiary/aromatic N) is 8. The normalized spacial score (nSPS) is 12.8. The van der Waals surface area contributed by atoms with E-state index in [-0.39, 0.29) is 84.9 Å². The number of hydrogen-bond acceptors (Lipinski definition) is 6. The molecule has 0 fully saturated rings. The highest BCUT2D eigenvalue weighted by Crippen LogP contribution is 2.51. The summed E-state index contributed by atoms with van der Waals surface area (Å²) >= 11 is 0. The van der Waals surface area contributed by atoms with E-state index < -0.39 is 19.1 Å². The monoisotopic (exact) mass is 1900 g/mol. The second kappa shape index (κ2) is 45.5. The van der Waals surface area contributed by atoms with E-state index in [9.17, 15) is 0 Å². The highest BCUT2D eigenvalue weighted by molar-refractivity contribution is 6.10. The molecule has 19 aromatic rings. The average molecular weight is 1900 g/mol. The third-order valence-corrected chi connectivity index (χ3v) is 25.9. The van der Waals surface area contributed by atoms with Crippen LogP contribution >= 0.6 is 0 Å². The molecule has 1 aliphatic rings. The Morgan fingerprint density at radius 3 is 1.02 bits per heavy atom. The lowest BCUT2D eigenvalue weighted by atomic mass is 9.73. The minimum absolute atomic E-state index is 0. The van der Waals surface area contributed by atoms with Crippen molar-refractivity contribution in [2.45, 2.75) is 259 Å². The third kappa shape index (κ3) is 24.8. The standard InChI is InChI=1S/C34H28N2.C27H24N2.2C21H21N.C16H27N.C12H19N.4CH4/c1-34(2,3)28-20-21-31(36-29-18-10-8-14-24(29)25-15-9-11-19-30(25)36)35-33(28)32-26-16-6-4-12-22(26)23-13-5-7-17-27(23)32;1-27(2,3)22-17-18-25(28-26(22)19-11-5-4-6-12-19)29-23-15-9-7-13-20(23)21-14-8-10-16-24(21)29;1-21(2,3)20-18(16-10-6-4-7-11-16)14-22-15-19(20)17-12-8-5-9-13-17;1-21(2,3)18-14-19(16-10-6-4-7-11-16)22-20(15-18)17-12-8-5-9-13-17;1-11(2)12-9-17-10-13(15(3,4)5)14(12)16(6,7)8;1-6-11-8-10(12(3,4)5)7-9(2)13-11;;;;/h4-21,32H,1-3H3;4-18H,1-3H3;2*4-15H,1-3H3;9-11H,1-8H3;7-8H,6H2,1-5H3;4*1H4/i;;;;11D;2D3,6D2;;;;. The molecule has 0 amide bonds. The maximum atomic E-state index is 8.35. The molecule has 8 nitrogen and oxygen atoms in total. The van der Waals surface area contributed by atoms with Crippen molar-refractivity contribution >= 4 is 43.6 Å². The molecule has 0 unspecified atom stereocenters. The Kier molecular flexibility index (Phi) is 31.9. The van der Waals surface area contributed by atoms with Gasteiger partial charge in [0.05, 0.1) is 50.8 Å². The highest BCUT2D eigenvalue weighted by Gasteiger charge is 2.36. The molecule has 143 heavy (non-hydrogen) atoms. The molecule has 0 bridgehead atoms. The van der Waals surface area contributed by atoms with Crippen LogP contribution in [0.15, 0.2) is 371 Å². The Hall–Kier alpha value is -14.1. The zero-order chi connectivity index (χ0) is 104. The molecule has 0 saturated heterocycles. The van der Waals surface area contributed by atoms with E-state index in [2.05, 4.69) is 470 Å². The van der Waals surface area contributed by atoms with Crippen molar-refractivity contribution in [1.29, 1.82) is 0 Å². The van der Waals surface area contributed by atoms with E-state index in [1.165, 1.54) is 128 Å². The quantitative estimate of drug-likeness (QED) is 0.136. The number of aryl methyl sites for hydroxylation is 2. The van der Waals surface area contributed by atoms with Crippen molar-refractivity contribution in [3.63, 3.8) is 0 Å². The molecule has 0 atom stereocenters. The maximum absolute atomic E-state index is 8.35. The number of benzene rings is 11. The summed E-state index contributed by atoms with van der Waals surface area (Å²) in [6.07, 6.45) is 6.16. The number of pyridine rings is 6. The molecule has 0 aliphatic heterocycles. The molecule has 8 heterocycles. The smallest absolute Gasteiger partial charge is 0.138 e.